The van der Waals surface area contributed by atoms with Crippen LogP contribution in [0.5, 0.6) is 0 Å². The maximum absolute atomic E-state index is 12.7. The lowest BCUT2D eigenvalue weighted by atomic mass is 9.86. The van der Waals surface area contributed by atoms with Crippen molar-refractivity contribution in [3.05, 3.63) is 0 Å². The Kier molecular flexibility index (Phi) is 12.1. The number of hydrogen-bond donors (Lipinski definition) is 2. The monoisotopic (exact) mass is 484 g/mol. The Hall–Kier alpha value is -1.94. The van der Waals surface area contributed by atoms with Gasteiger partial charge in [0, 0.05) is 51.9 Å². The van der Waals surface area contributed by atoms with E-state index < -0.39 is 11.5 Å². The molecule has 1 saturated heterocycles. The van der Waals surface area contributed by atoms with Crippen molar-refractivity contribution in [2.24, 2.45) is 5.41 Å². The Balaban J connectivity index is 2.49. The predicted molar refractivity (Wildman–Crippen MR) is 130 cm³/mol. The van der Waals surface area contributed by atoms with E-state index in [1.807, 2.05) is 0 Å². The molecule has 0 aliphatic carbocycles. The van der Waals surface area contributed by atoms with Crippen LogP contribution in [-0.4, -0.2) is 90.5 Å². The molecule has 1 aliphatic rings. The molecule has 2 atom stereocenters. The summed E-state index contributed by atoms with van der Waals surface area (Å²) in [7, 11) is 4.87. The summed E-state index contributed by atoms with van der Waals surface area (Å²) in [6.07, 6.45) is 2.82. The number of nitrogens with zero attached hydrogens (tertiary/aromatic N) is 2. The Morgan fingerprint density at radius 2 is 1.82 bits per heavy atom. The highest BCUT2D eigenvalue weighted by molar-refractivity contribution is 8.00. The van der Waals surface area contributed by atoms with Crippen molar-refractivity contribution in [1.82, 2.24) is 20.4 Å². The third-order valence-electron chi connectivity index (χ3n) is 5.75. The van der Waals surface area contributed by atoms with Crippen LogP contribution in [0, 0.1) is 5.41 Å². The molecule has 1 heterocycles. The van der Waals surface area contributed by atoms with Crippen molar-refractivity contribution in [3.8, 4) is 0 Å². The van der Waals surface area contributed by atoms with E-state index in [0.29, 0.717) is 19.5 Å². The molecular formula is C23H40N4O5S. The van der Waals surface area contributed by atoms with E-state index in [1.165, 1.54) is 28.6 Å². The first-order valence-corrected chi connectivity index (χ1v) is 12.6. The van der Waals surface area contributed by atoms with Crippen molar-refractivity contribution in [2.45, 2.75) is 70.6 Å². The molecule has 2 N–H and O–H groups in total. The quantitative estimate of drug-likeness (QED) is 0.281. The summed E-state index contributed by atoms with van der Waals surface area (Å²) in [5.74, 6) is -0.0880. The molecule has 0 spiro atoms. The minimum Gasteiger partial charge on any atom is -0.353 e. The number of ketones is 1. The molecule has 0 saturated carbocycles. The van der Waals surface area contributed by atoms with E-state index >= 15 is 0 Å². The van der Waals surface area contributed by atoms with Gasteiger partial charge in [0.2, 0.25) is 23.6 Å². The van der Waals surface area contributed by atoms with Crippen LogP contribution in [0.1, 0.15) is 59.3 Å². The molecule has 1 aliphatic heterocycles. The number of likely N-dealkylation sites (tertiary alicyclic amines) is 1. The number of rotatable bonds is 14. The van der Waals surface area contributed by atoms with Crippen LogP contribution in [0.2, 0.25) is 0 Å². The number of Topliss-reactive ketones (excluding diaryl/α,β-unsaturated/α-hetero) is 1. The van der Waals surface area contributed by atoms with Gasteiger partial charge in [0.05, 0.1) is 5.25 Å². The molecule has 33 heavy (non-hydrogen) atoms. The number of amides is 4. The number of imide groups is 1. The third-order valence-corrected chi connectivity index (χ3v) is 7.04. The van der Waals surface area contributed by atoms with Crippen LogP contribution in [0.25, 0.3) is 0 Å². The number of carbonyl (C=O) groups excluding carboxylic acids is 5. The molecule has 1 fully saturated rings. The molecule has 0 aromatic carbocycles. The normalized spacial score (nSPS) is 17.3. The standard InChI is InChI=1S/C23H40N4O5S/c1-23(2,3)18(28)14-16(21(31)25-12-11-24-4)26(5)19(29)10-8-7-9-13-33-17-15-20(30)27(6)22(17)32/h16-17,24H,7-15H2,1-6H3,(H,25,31). The summed E-state index contributed by atoms with van der Waals surface area (Å²) in [6, 6.07) is -0.834. The minimum atomic E-state index is -0.834. The number of hydrogen-bond acceptors (Lipinski definition) is 7. The molecule has 0 bridgehead atoms. The lowest BCUT2D eigenvalue weighted by Crippen LogP contribution is -2.50. The molecule has 9 nitrogen and oxygen atoms in total. The van der Waals surface area contributed by atoms with Gasteiger partial charge in [-0.2, -0.15) is 0 Å². The van der Waals surface area contributed by atoms with Crippen LogP contribution in [0.4, 0.5) is 0 Å². The van der Waals surface area contributed by atoms with E-state index in [2.05, 4.69) is 10.6 Å². The van der Waals surface area contributed by atoms with Crippen molar-refractivity contribution in [3.63, 3.8) is 0 Å². The molecule has 4 amide bonds. The second kappa shape index (κ2) is 13.7. The van der Waals surface area contributed by atoms with E-state index in [0.717, 1.165) is 18.6 Å². The average Bonchev–Trinajstić information content (AvgIpc) is 2.99. The van der Waals surface area contributed by atoms with E-state index in [9.17, 15) is 24.0 Å². The van der Waals surface area contributed by atoms with Gasteiger partial charge in [0.25, 0.3) is 0 Å². The smallest absolute Gasteiger partial charge is 0.243 e. The molecular weight excluding hydrogens is 444 g/mol. The largest absolute Gasteiger partial charge is 0.353 e. The van der Waals surface area contributed by atoms with Crippen LogP contribution in [0.3, 0.4) is 0 Å². The summed E-state index contributed by atoms with van der Waals surface area (Å²) >= 11 is 1.49. The molecule has 0 aromatic rings. The highest BCUT2D eigenvalue weighted by Crippen LogP contribution is 2.25. The fraction of sp³-hybridized carbons (Fsp3) is 0.783. The van der Waals surface area contributed by atoms with Crippen molar-refractivity contribution >= 4 is 41.2 Å². The Morgan fingerprint density at radius 3 is 2.36 bits per heavy atom. The minimum absolute atomic E-state index is 0.0175. The second-order valence-electron chi connectivity index (χ2n) is 9.46. The van der Waals surface area contributed by atoms with Gasteiger partial charge < -0.3 is 15.5 Å². The number of thioether (sulfide) groups is 1. The van der Waals surface area contributed by atoms with Gasteiger partial charge in [-0.15, -0.1) is 11.8 Å². The number of nitrogens with one attached hydrogen (secondary N) is 2. The summed E-state index contributed by atoms with van der Waals surface area (Å²) in [6.45, 7) is 6.42. The van der Waals surface area contributed by atoms with Crippen molar-refractivity contribution in [1.29, 1.82) is 0 Å². The Labute approximate surface area is 201 Å². The average molecular weight is 485 g/mol. The van der Waals surface area contributed by atoms with Gasteiger partial charge >= 0.3 is 0 Å². The third kappa shape index (κ3) is 9.44. The van der Waals surface area contributed by atoms with Crippen molar-refractivity contribution < 1.29 is 24.0 Å². The Morgan fingerprint density at radius 1 is 1.15 bits per heavy atom. The van der Waals surface area contributed by atoms with Crippen LogP contribution >= 0.6 is 11.8 Å². The molecule has 188 valence electrons. The van der Waals surface area contributed by atoms with Gasteiger partial charge in [-0.25, -0.2) is 0 Å². The zero-order chi connectivity index (χ0) is 25.2. The van der Waals surface area contributed by atoms with Crippen LogP contribution < -0.4 is 10.6 Å². The van der Waals surface area contributed by atoms with Gasteiger partial charge in [-0.1, -0.05) is 27.2 Å². The van der Waals surface area contributed by atoms with E-state index in [-0.39, 0.29) is 53.9 Å². The molecule has 0 radical (unpaired) electrons. The molecule has 0 aromatic heterocycles. The lowest BCUT2D eigenvalue weighted by molar-refractivity contribution is -0.142. The van der Waals surface area contributed by atoms with Gasteiger partial charge in [0.15, 0.2) is 0 Å². The van der Waals surface area contributed by atoms with Crippen molar-refractivity contribution in [2.75, 3.05) is 40.0 Å². The summed E-state index contributed by atoms with van der Waals surface area (Å²) < 4.78 is 0. The maximum Gasteiger partial charge on any atom is 0.243 e. The Bertz CT molecular complexity index is 722. The fourth-order valence-electron chi connectivity index (χ4n) is 3.30. The maximum atomic E-state index is 12.7. The van der Waals surface area contributed by atoms with Crippen LogP contribution in [0.15, 0.2) is 0 Å². The van der Waals surface area contributed by atoms with E-state index in [1.54, 1.807) is 34.9 Å². The SMILES string of the molecule is CNCCNC(=O)C(CC(=O)C(C)(C)C)N(C)C(=O)CCCCCSC1CC(=O)N(C)C1=O. The first-order valence-electron chi connectivity index (χ1n) is 11.5. The fourth-order valence-corrected chi connectivity index (χ4v) is 4.52. The van der Waals surface area contributed by atoms with Gasteiger partial charge in [0.1, 0.15) is 11.8 Å². The summed E-state index contributed by atoms with van der Waals surface area (Å²) in [5, 5.41) is 5.44. The highest BCUT2D eigenvalue weighted by atomic mass is 32.2. The van der Waals surface area contributed by atoms with E-state index in [4.69, 9.17) is 0 Å². The van der Waals surface area contributed by atoms with Gasteiger partial charge in [-0.3, -0.25) is 28.9 Å². The van der Waals surface area contributed by atoms with Crippen LogP contribution in [-0.2, 0) is 24.0 Å². The first-order chi connectivity index (χ1) is 15.4. The summed E-state index contributed by atoms with van der Waals surface area (Å²) in [4.78, 5) is 64.0. The van der Waals surface area contributed by atoms with Gasteiger partial charge in [-0.05, 0) is 25.6 Å². The molecule has 10 heteroatoms. The number of likely N-dealkylation sites (N-methyl/N-ethyl adjacent to an activating group) is 2. The lowest BCUT2D eigenvalue weighted by Gasteiger charge is -2.29. The molecule has 1 rings (SSSR count). The number of carbonyl (C=O) groups is 5. The zero-order valence-corrected chi connectivity index (χ0v) is 21.7. The summed E-state index contributed by atoms with van der Waals surface area (Å²) in [5.41, 5.74) is -0.592. The topological polar surface area (TPSA) is 116 Å². The first kappa shape index (κ1) is 29.1. The highest BCUT2D eigenvalue weighted by Gasteiger charge is 2.36. The second-order valence-corrected chi connectivity index (χ2v) is 10.8. The molecule has 2 unspecified atom stereocenters. The zero-order valence-electron chi connectivity index (χ0n) is 20.9. The number of unbranched alkanes of at least 4 members (excludes halogenated alkanes) is 2. The predicted octanol–water partition coefficient (Wildman–Crippen LogP) is 1.21.